The summed E-state index contributed by atoms with van der Waals surface area (Å²) < 4.78 is 0. The van der Waals surface area contributed by atoms with Crippen LogP contribution in [0, 0.1) is 0 Å². The lowest BCUT2D eigenvalue weighted by Crippen LogP contribution is -2.36. The van der Waals surface area contributed by atoms with Gasteiger partial charge in [-0.2, -0.15) is 5.10 Å². The molecule has 2 N–H and O–H groups in total. The van der Waals surface area contributed by atoms with Crippen LogP contribution in [0.4, 0.5) is 0 Å². The van der Waals surface area contributed by atoms with Gasteiger partial charge in [0.2, 0.25) is 0 Å². The lowest BCUT2D eigenvalue weighted by atomic mass is 10.0. The van der Waals surface area contributed by atoms with E-state index in [4.69, 9.17) is 0 Å². The van der Waals surface area contributed by atoms with Gasteiger partial charge in [0.25, 0.3) is 0 Å². The number of benzene rings is 1. The Hall–Kier alpha value is -1.65. The van der Waals surface area contributed by atoms with Crippen molar-refractivity contribution in [1.82, 2.24) is 15.9 Å². The highest BCUT2D eigenvalue weighted by Crippen LogP contribution is 2.15. The predicted molar refractivity (Wildman–Crippen MR) is 75.1 cm³/mol. The quantitative estimate of drug-likeness (QED) is 0.775. The molecule has 1 aliphatic rings. The smallest absolute Gasteiger partial charge is 0.0738 e. The number of hydrogen-bond donors (Lipinski definition) is 2. The molecule has 1 heterocycles. The van der Waals surface area contributed by atoms with E-state index in [2.05, 4.69) is 34.9 Å². The largest absolute Gasteiger partial charge is 0.318 e. The Labute approximate surface area is 108 Å². The monoisotopic (exact) mass is 244 g/mol. The maximum absolute atomic E-state index is 4.61. The molecular formula is C14H20N4. The summed E-state index contributed by atoms with van der Waals surface area (Å²) in [7, 11) is 1.94. The minimum Gasteiger partial charge on any atom is -0.318 e. The first-order chi connectivity index (χ1) is 8.79. The highest BCUT2D eigenvalue weighted by Gasteiger charge is 2.12. The topological polar surface area (TPSA) is 39.7 Å². The molecule has 0 spiro atoms. The molecule has 1 aromatic rings. The van der Waals surface area contributed by atoms with Crippen molar-refractivity contribution < 1.29 is 0 Å². The average Bonchev–Trinajstić information content (AvgIpc) is 2.39. The van der Waals surface area contributed by atoms with Crippen molar-refractivity contribution in [2.75, 3.05) is 20.1 Å². The molecule has 0 atom stereocenters. The summed E-state index contributed by atoms with van der Waals surface area (Å²) >= 11 is 0. The fourth-order valence-electron chi connectivity index (χ4n) is 1.88. The normalized spacial score (nSPS) is 15.3. The summed E-state index contributed by atoms with van der Waals surface area (Å²) in [4.78, 5) is 0. The Morgan fingerprint density at radius 1 is 1.22 bits per heavy atom. The number of hydrogen-bond acceptors (Lipinski definition) is 4. The standard InChI is InChI=1S/C14H20N4/c1-12-10-14(13-6-4-3-5-7-13)17-18(11-12)16-9-8-15-2/h3-7,11,15-16H,8-10H2,1-2H3. The molecule has 0 saturated heterocycles. The molecule has 0 fully saturated rings. The van der Waals surface area contributed by atoms with Crippen LogP contribution in [0.3, 0.4) is 0 Å². The maximum atomic E-state index is 4.61. The Kier molecular flexibility index (Phi) is 4.50. The molecule has 0 bridgehead atoms. The molecule has 96 valence electrons. The number of allylic oxidation sites excluding steroid dienone is 1. The molecule has 4 heteroatoms. The maximum Gasteiger partial charge on any atom is 0.0738 e. The van der Waals surface area contributed by atoms with Crippen LogP contribution in [0.5, 0.6) is 0 Å². The van der Waals surface area contributed by atoms with Crippen LogP contribution in [0.25, 0.3) is 0 Å². The van der Waals surface area contributed by atoms with Crippen LogP contribution >= 0.6 is 0 Å². The van der Waals surface area contributed by atoms with Crippen LogP contribution in [-0.4, -0.2) is 31.0 Å². The molecule has 0 aromatic heterocycles. The van der Waals surface area contributed by atoms with E-state index in [0.29, 0.717) is 0 Å². The van der Waals surface area contributed by atoms with Crippen LogP contribution in [-0.2, 0) is 0 Å². The zero-order chi connectivity index (χ0) is 12.8. The molecule has 0 amide bonds. The summed E-state index contributed by atoms with van der Waals surface area (Å²) in [6.45, 7) is 3.90. The first-order valence-corrected chi connectivity index (χ1v) is 6.27. The molecular weight excluding hydrogens is 224 g/mol. The molecule has 1 aliphatic heterocycles. The number of hydrazone groups is 1. The minimum atomic E-state index is 0.853. The second-order valence-corrected chi connectivity index (χ2v) is 4.42. The summed E-state index contributed by atoms with van der Waals surface area (Å²) in [6, 6.07) is 10.3. The SMILES string of the molecule is CNCCNN1C=C(C)CC(c2ccccc2)=N1. The van der Waals surface area contributed by atoms with Gasteiger partial charge in [-0.25, -0.2) is 10.5 Å². The lowest BCUT2D eigenvalue weighted by Gasteiger charge is -2.23. The van der Waals surface area contributed by atoms with Gasteiger partial charge in [-0.15, -0.1) is 0 Å². The molecule has 0 radical (unpaired) electrons. The van der Waals surface area contributed by atoms with E-state index in [9.17, 15) is 0 Å². The molecule has 18 heavy (non-hydrogen) atoms. The third-order valence-corrected chi connectivity index (χ3v) is 2.77. The first-order valence-electron chi connectivity index (χ1n) is 6.27. The third kappa shape index (κ3) is 3.42. The van der Waals surface area contributed by atoms with E-state index < -0.39 is 0 Å². The van der Waals surface area contributed by atoms with Crippen molar-refractivity contribution in [3.63, 3.8) is 0 Å². The van der Waals surface area contributed by atoms with Gasteiger partial charge in [-0.3, -0.25) is 0 Å². The van der Waals surface area contributed by atoms with E-state index in [1.54, 1.807) is 0 Å². The fraction of sp³-hybridized carbons (Fsp3) is 0.357. The van der Waals surface area contributed by atoms with Crippen molar-refractivity contribution >= 4 is 5.71 Å². The molecule has 2 rings (SSSR count). The van der Waals surface area contributed by atoms with E-state index in [1.807, 2.05) is 36.6 Å². The molecule has 1 aromatic carbocycles. The second kappa shape index (κ2) is 6.33. The van der Waals surface area contributed by atoms with Crippen molar-refractivity contribution in [1.29, 1.82) is 0 Å². The zero-order valence-electron chi connectivity index (χ0n) is 11.0. The van der Waals surface area contributed by atoms with Crippen LogP contribution in [0.1, 0.15) is 18.9 Å². The molecule has 0 aliphatic carbocycles. The minimum absolute atomic E-state index is 0.853. The Balaban J connectivity index is 2.07. The van der Waals surface area contributed by atoms with Crippen molar-refractivity contribution in [2.24, 2.45) is 5.10 Å². The van der Waals surface area contributed by atoms with E-state index in [-0.39, 0.29) is 0 Å². The summed E-state index contributed by atoms with van der Waals surface area (Å²) in [5, 5.41) is 9.53. The van der Waals surface area contributed by atoms with E-state index >= 15 is 0 Å². The van der Waals surface area contributed by atoms with Gasteiger partial charge in [-0.05, 0) is 25.1 Å². The number of nitrogens with one attached hydrogen (secondary N) is 2. The number of hydrazine groups is 1. The van der Waals surface area contributed by atoms with Gasteiger partial charge < -0.3 is 5.32 Å². The molecule has 0 unspecified atom stereocenters. The summed E-state index contributed by atoms with van der Waals surface area (Å²) in [6.07, 6.45) is 2.95. The summed E-state index contributed by atoms with van der Waals surface area (Å²) in [5.41, 5.74) is 6.86. The van der Waals surface area contributed by atoms with Crippen molar-refractivity contribution in [2.45, 2.75) is 13.3 Å². The average molecular weight is 244 g/mol. The van der Waals surface area contributed by atoms with Gasteiger partial charge in [-0.1, -0.05) is 30.3 Å². The highest BCUT2D eigenvalue weighted by molar-refractivity contribution is 6.02. The van der Waals surface area contributed by atoms with Gasteiger partial charge in [0.15, 0.2) is 0 Å². The van der Waals surface area contributed by atoms with E-state index in [1.165, 1.54) is 11.1 Å². The van der Waals surface area contributed by atoms with E-state index in [0.717, 1.165) is 25.2 Å². The molecule has 4 nitrogen and oxygen atoms in total. The first kappa shape index (κ1) is 12.8. The number of likely N-dealkylation sites (N-methyl/N-ethyl adjacent to an activating group) is 1. The number of nitrogens with zero attached hydrogens (tertiary/aromatic N) is 2. The Bertz CT molecular complexity index is 436. The Morgan fingerprint density at radius 2 is 2.00 bits per heavy atom. The van der Waals surface area contributed by atoms with Gasteiger partial charge in [0.05, 0.1) is 5.71 Å². The van der Waals surface area contributed by atoms with Crippen LogP contribution in [0.2, 0.25) is 0 Å². The van der Waals surface area contributed by atoms with Crippen LogP contribution < -0.4 is 10.7 Å². The second-order valence-electron chi connectivity index (χ2n) is 4.42. The van der Waals surface area contributed by atoms with Gasteiger partial charge in [0.1, 0.15) is 0 Å². The molecule has 0 saturated carbocycles. The highest BCUT2D eigenvalue weighted by atomic mass is 15.7. The predicted octanol–water partition coefficient (Wildman–Crippen LogP) is 1.72. The third-order valence-electron chi connectivity index (χ3n) is 2.77. The van der Waals surface area contributed by atoms with Gasteiger partial charge >= 0.3 is 0 Å². The fourth-order valence-corrected chi connectivity index (χ4v) is 1.88. The Morgan fingerprint density at radius 3 is 2.72 bits per heavy atom. The van der Waals surface area contributed by atoms with Gasteiger partial charge in [0, 0.05) is 25.7 Å². The zero-order valence-corrected chi connectivity index (χ0v) is 11.0. The van der Waals surface area contributed by atoms with Crippen molar-refractivity contribution in [3.05, 3.63) is 47.7 Å². The number of rotatable bonds is 5. The van der Waals surface area contributed by atoms with Crippen LogP contribution in [0.15, 0.2) is 47.2 Å². The summed E-state index contributed by atoms with van der Waals surface area (Å²) in [5.74, 6) is 0. The lowest BCUT2D eigenvalue weighted by molar-refractivity contribution is 0.278. The van der Waals surface area contributed by atoms with Crippen molar-refractivity contribution in [3.8, 4) is 0 Å².